The number of benzene rings is 3. The highest BCUT2D eigenvalue weighted by Gasteiger charge is 2.18. The first kappa shape index (κ1) is 19.4. The quantitative estimate of drug-likeness (QED) is 0.296. The zero-order valence-electron chi connectivity index (χ0n) is 17.2. The molecule has 0 radical (unpaired) electrons. The Hall–Kier alpha value is -4.59. The molecule has 2 aromatic heterocycles. The maximum atomic E-state index is 9.63. The summed E-state index contributed by atoms with van der Waals surface area (Å²) in [6, 6.07) is 24.1. The van der Waals surface area contributed by atoms with Gasteiger partial charge in [0.15, 0.2) is 11.5 Å². The molecule has 0 unspecified atom stereocenters. The van der Waals surface area contributed by atoms with Crippen LogP contribution in [0.25, 0.3) is 22.4 Å². The molecule has 5 aromatic rings. The van der Waals surface area contributed by atoms with Gasteiger partial charge in [-0.2, -0.15) is 5.10 Å². The number of hydrogen-bond acceptors (Lipinski definition) is 7. The SMILES string of the molecule is COc1ccccc1Nc1nc(-c2ccc(O)cc2)nc2n[nH]c(Nc3ccccc3)c12. The van der Waals surface area contributed by atoms with Crippen molar-refractivity contribution in [2.45, 2.75) is 0 Å². The minimum atomic E-state index is 0.177. The second kappa shape index (κ2) is 8.27. The minimum Gasteiger partial charge on any atom is -0.508 e. The van der Waals surface area contributed by atoms with Gasteiger partial charge in [-0.25, -0.2) is 9.97 Å². The van der Waals surface area contributed by atoms with Crippen LogP contribution in [0.5, 0.6) is 11.5 Å². The maximum absolute atomic E-state index is 9.63. The lowest BCUT2D eigenvalue weighted by atomic mass is 10.2. The number of hydrogen-bond donors (Lipinski definition) is 4. The van der Waals surface area contributed by atoms with E-state index < -0.39 is 0 Å². The summed E-state index contributed by atoms with van der Waals surface area (Å²) in [5, 5.41) is 24.5. The van der Waals surface area contributed by atoms with Gasteiger partial charge < -0.3 is 20.5 Å². The summed E-state index contributed by atoms with van der Waals surface area (Å²) in [6.45, 7) is 0. The van der Waals surface area contributed by atoms with E-state index in [0.717, 1.165) is 16.9 Å². The average molecular weight is 424 g/mol. The van der Waals surface area contributed by atoms with E-state index in [9.17, 15) is 5.11 Å². The molecule has 0 amide bonds. The number of phenolic OH excluding ortho intramolecular Hbond substituents is 1. The van der Waals surface area contributed by atoms with E-state index in [2.05, 4.69) is 25.8 Å². The van der Waals surface area contributed by atoms with Crippen LogP contribution >= 0.6 is 0 Å². The van der Waals surface area contributed by atoms with E-state index in [1.54, 1.807) is 31.4 Å². The number of fused-ring (bicyclic) bond motifs is 1. The molecule has 0 aliphatic rings. The zero-order valence-corrected chi connectivity index (χ0v) is 17.2. The van der Waals surface area contributed by atoms with Crippen molar-refractivity contribution in [1.29, 1.82) is 0 Å². The largest absolute Gasteiger partial charge is 0.508 e. The lowest BCUT2D eigenvalue weighted by molar-refractivity contribution is 0.417. The predicted octanol–water partition coefficient (Wildman–Crippen LogP) is 5.22. The molecule has 3 aromatic carbocycles. The Labute approximate surface area is 183 Å². The molecule has 0 bridgehead atoms. The van der Waals surface area contributed by atoms with Crippen molar-refractivity contribution < 1.29 is 9.84 Å². The van der Waals surface area contributed by atoms with Gasteiger partial charge in [-0.3, -0.25) is 5.10 Å². The molecule has 0 spiro atoms. The molecule has 8 nitrogen and oxygen atoms in total. The molecule has 0 aliphatic heterocycles. The fourth-order valence-electron chi connectivity index (χ4n) is 3.39. The number of nitrogens with zero attached hydrogens (tertiary/aromatic N) is 3. The fourth-order valence-corrected chi connectivity index (χ4v) is 3.39. The summed E-state index contributed by atoms with van der Waals surface area (Å²) in [5.41, 5.74) is 2.93. The highest BCUT2D eigenvalue weighted by Crippen LogP contribution is 2.35. The standard InChI is InChI=1S/C24H20N6O2/c1-32-19-10-6-5-9-18(19)26-22-20-23(25-16-7-3-2-4-8-16)29-30-24(20)28-21(27-22)15-11-13-17(31)14-12-15/h2-14,31H,1H3,(H3,25,26,27,28,29,30). The van der Waals surface area contributed by atoms with Crippen LogP contribution in [0.15, 0.2) is 78.9 Å². The van der Waals surface area contributed by atoms with Gasteiger partial charge in [-0.05, 0) is 48.5 Å². The molecule has 4 N–H and O–H groups in total. The molecule has 158 valence electrons. The van der Waals surface area contributed by atoms with E-state index in [4.69, 9.17) is 9.72 Å². The van der Waals surface area contributed by atoms with Gasteiger partial charge >= 0.3 is 0 Å². The summed E-state index contributed by atoms with van der Waals surface area (Å²) >= 11 is 0. The Morgan fingerprint density at radius 3 is 2.38 bits per heavy atom. The van der Waals surface area contributed by atoms with Crippen molar-refractivity contribution in [2.75, 3.05) is 17.7 Å². The molecule has 0 aliphatic carbocycles. The Morgan fingerprint density at radius 1 is 0.844 bits per heavy atom. The van der Waals surface area contributed by atoms with Gasteiger partial charge in [-0.15, -0.1) is 0 Å². The Morgan fingerprint density at radius 2 is 1.59 bits per heavy atom. The van der Waals surface area contributed by atoms with Crippen LogP contribution in [-0.4, -0.2) is 32.4 Å². The molecule has 0 saturated carbocycles. The van der Waals surface area contributed by atoms with Crippen LogP contribution in [0.4, 0.5) is 23.0 Å². The molecule has 5 rings (SSSR count). The summed E-state index contributed by atoms with van der Waals surface area (Å²) in [5.74, 6) is 2.58. The lowest BCUT2D eigenvalue weighted by Gasteiger charge is -2.13. The van der Waals surface area contributed by atoms with Crippen molar-refractivity contribution in [3.8, 4) is 22.9 Å². The Bertz CT molecular complexity index is 1370. The second-order valence-electron chi connectivity index (χ2n) is 7.06. The van der Waals surface area contributed by atoms with Crippen molar-refractivity contribution in [3.63, 3.8) is 0 Å². The number of anilines is 4. The van der Waals surface area contributed by atoms with E-state index >= 15 is 0 Å². The fraction of sp³-hybridized carbons (Fsp3) is 0.0417. The number of nitrogens with one attached hydrogen (secondary N) is 3. The molecule has 0 fully saturated rings. The number of para-hydroxylation sites is 3. The molecule has 2 heterocycles. The van der Waals surface area contributed by atoms with Crippen molar-refractivity contribution in [2.24, 2.45) is 0 Å². The van der Waals surface area contributed by atoms with E-state index in [1.165, 1.54) is 0 Å². The molecule has 0 saturated heterocycles. The molecule has 8 heteroatoms. The molecule has 32 heavy (non-hydrogen) atoms. The zero-order chi connectivity index (χ0) is 21.9. The number of rotatable bonds is 6. The predicted molar refractivity (Wildman–Crippen MR) is 125 cm³/mol. The minimum absolute atomic E-state index is 0.177. The summed E-state index contributed by atoms with van der Waals surface area (Å²) in [6.07, 6.45) is 0. The van der Waals surface area contributed by atoms with Crippen LogP contribution in [0.2, 0.25) is 0 Å². The number of ether oxygens (including phenoxy) is 1. The summed E-state index contributed by atoms with van der Waals surface area (Å²) in [7, 11) is 1.62. The lowest BCUT2D eigenvalue weighted by Crippen LogP contribution is -2.01. The third-order valence-corrected chi connectivity index (χ3v) is 4.94. The van der Waals surface area contributed by atoms with Crippen LogP contribution in [0.1, 0.15) is 0 Å². The molecular formula is C24H20N6O2. The van der Waals surface area contributed by atoms with E-state index in [1.807, 2.05) is 54.6 Å². The smallest absolute Gasteiger partial charge is 0.188 e. The highest BCUT2D eigenvalue weighted by atomic mass is 16.5. The number of aromatic hydroxyl groups is 1. The Kier molecular flexibility index (Phi) is 5.01. The second-order valence-corrected chi connectivity index (χ2v) is 7.06. The molecular weight excluding hydrogens is 404 g/mol. The number of aromatic nitrogens is 4. The monoisotopic (exact) mass is 424 g/mol. The highest BCUT2D eigenvalue weighted by molar-refractivity contribution is 6.00. The van der Waals surface area contributed by atoms with Crippen molar-refractivity contribution in [1.82, 2.24) is 20.2 Å². The number of phenols is 1. The maximum Gasteiger partial charge on any atom is 0.188 e. The van der Waals surface area contributed by atoms with Crippen LogP contribution in [0.3, 0.4) is 0 Å². The summed E-state index contributed by atoms with van der Waals surface area (Å²) in [4.78, 5) is 9.42. The summed E-state index contributed by atoms with van der Waals surface area (Å²) < 4.78 is 5.49. The van der Waals surface area contributed by atoms with Gasteiger partial charge in [0.1, 0.15) is 28.5 Å². The Balaban J connectivity index is 1.65. The van der Waals surface area contributed by atoms with Gasteiger partial charge in [-0.1, -0.05) is 30.3 Å². The topological polar surface area (TPSA) is 108 Å². The third-order valence-electron chi connectivity index (χ3n) is 4.94. The molecule has 0 atom stereocenters. The first-order valence-corrected chi connectivity index (χ1v) is 9.99. The van der Waals surface area contributed by atoms with E-state index in [-0.39, 0.29) is 5.75 Å². The van der Waals surface area contributed by atoms with Crippen LogP contribution < -0.4 is 15.4 Å². The van der Waals surface area contributed by atoms with Crippen LogP contribution in [-0.2, 0) is 0 Å². The van der Waals surface area contributed by atoms with Crippen molar-refractivity contribution in [3.05, 3.63) is 78.9 Å². The average Bonchev–Trinajstić information content (AvgIpc) is 3.23. The van der Waals surface area contributed by atoms with Gasteiger partial charge in [0, 0.05) is 11.3 Å². The normalized spacial score (nSPS) is 10.8. The van der Waals surface area contributed by atoms with Gasteiger partial charge in [0.2, 0.25) is 0 Å². The van der Waals surface area contributed by atoms with E-state index in [0.29, 0.717) is 34.2 Å². The number of H-pyrrole nitrogens is 1. The number of aromatic amines is 1. The van der Waals surface area contributed by atoms with Gasteiger partial charge in [0.05, 0.1) is 12.8 Å². The third kappa shape index (κ3) is 3.77. The first-order valence-electron chi connectivity index (χ1n) is 9.99. The number of methoxy groups -OCH3 is 1. The first-order chi connectivity index (χ1) is 15.7. The van der Waals surface area contributed by atoms with Crippen LogP contribution in [0, 0.1) is 0 Å². The van der Waals surface area contributed by atoms with Crippen molar-refractivity contribution >= 4 is 34.0 Å². The van der Waals surface area contributed by atoms with Gasteiger partial charge in [0.25, 0.3) is 0 Å².